The molecule has 0 aliphatic rings. The van der Waals surface area contributed by atoms with Gasteiger partial charge in [-0.05, 0) is 30.5 Å². The number of nitrogens with one attached hydrogen (secondary N) is 1. The average molecular weight is 217 g/mol. The first-order valence-electron chi connectivity index (χ1n) is 5.37. The number of hydrogen-bond donors (Lipinski definition) is 2. The summed E-state index contributed by atoms with van der Waals surface area (Å²) in [5.41, 5.74) is 3.35. The van der Waals surface area contributed by atoms with Crippen molar-refractivity contribution in [2.75, 3.05) is 0 Å². The van der Waals surface area contributed by atoms with Crippen LogP contribution in [0.3, 0.4) is 0 Å². The van der Waals surface area contributed by atoms with Crippen molar-refractivity contribution in [3.05, 3.63) is 35.5 Å². The van der Waals surface area contributed by atoms with E-state index in [2.05, 4.69) is 11.1 Å². The van der Waals surface area contributed by atoms with E-state index in [1.807, 2.05) is 25.3 Å². The van der Waals surface area contributed by atoms with E-state index in [0.29, 0.717) is 6.42 Å². The zero-order chi connectivity index (χ0) is 11.7. The van der Waals surface area contributed by atoms with E-state index in [1.54, 1.807) is 6.92 Å². The van der Waals surface area contributed by atoms with Crippen LogP contribution in [0.1, 0.15) is 18.1 Å². The van der Waals surface area contributed by atoms with Crippen LogP contribution >= 0.6 is 0 Å². The number of hydrogen-bond acceptors (Lipinski definition) is 1. The largest absolute Gasteiger partial charge is 0.481 e. The monoisotopic (exact) mass is 217 g/mol. The van der Waals surface area contributed by atoms with Gasteiger partial charge in [0, 0.05) is 17.1 Å². The van der Waals surface area contributed by atoms with Gasteiger partial charge in [-0.1, -0.05) is 19.1 Å². The Kier molecular flexibility index (Phi) is 2.69. The second-order valence-corrected chi connectivity index (χ2v) is 4.31. The standard InChI is InChI=1S/C13H15NO2/c1-8-3-4-11-10(6-9(2)13(15)16)7-14-12(11)5-8/h3-5,7,9,14H,6H2,1-2H3,(H,15,16)/t9-/m0/s1. The molecule has 1 aromatic heterocycles. The quantitative estimate of drug-likeness (QED) is 0.830. The van der Waals surface area contributed by atoms with Gasteiger partial charge in [0.15, 0.2) is 0 Å². The number of fused-ring (bicyclic) bond motifs is 1. The molecule has 0 fully saturated rings. The van der Waals surface area contributed by atoms with Crippen LogP contribution < -0.4 is 0 Å². The molecule has 1 aromatic carbocycles. The lowest BCUT2D eigenvalue weighted by Crippen LogP contribution is -2.11. The van der Waals surface area contributed by atoms with Gasteiger partial charge in [-0.25, -0.2) is 0 Å². The summed E-state index contributed by atoms with van der Waals surface area (Å²) in [5, 5.41) is 10.0. The highest BCUT2D eigenvalue weighted by Crippen LogP contribution is 2.22. The Bertz CT molecular complexity index is 528. The van der Waals surface area contributed by atoms with E-state index in [4.69, 9.17) is 5.11 Å². The molecule has 16 heavy (non-hydrogen) atoms. The second-order valence-electron chi connectivity index (χ2n) is 4.31. The number of H-pyrrole nitrogens is 1. The topological polar surface area (TPSA) is 53.1 Å². The molecule has 0 bridgehead atoms. The Balaban J connectivity index is 2.35. The maximum Gasteiger partial charge on any atom is 0.306 e. The van der Waals surface area contributed by atoms with Gasteiger partial charge in [-0.3, -0.25) is 4.79 Å². The number of carboxylic acid groups (broad SMARTS) is 1. The van der Waals surface area contributed by atoms with Crippen LogP contribution in [0, 0.1) is 12.8 Å². The lowest BCUT2D eigenvalue weighted by atomic mass is 10.0. The zero-order valence-electron chi connectivity index (χ0n) is 9.45. The lowest BCUT2D eigenvalue weighted by molar-refractivity contribution is -0.141. The molecule has 1 heterocycles. The van der Waals surface area contributed by atoms with Crippen molar-refractivity contribution in [2.24, 2.45) is 5.92 Å². The van der Waals surface area contributed by atoms with E-state index in [1.165, 1.54) is 5.56 Å². The predicted molar refractivity (Wildman–Crippen MR) is 63.5 cm³/mol. The third-order valence-corrected chi connectivity index (χ3v) is 2.87. The fourth-order valence-corrected chi connectivity index (χ4v) is 1.89. The third kappa shape index (κ3) is 1.94. The number of aryl methyl sites for hydroxylation is 1. The van der Waals surface area contributed by atoms with Gasteiger partial charge >= 0.3 is 5.97 Å². The molecular formula is C13H15NO2. The third-order valence-electron chi connectivity index (χ3n) is 2.87. The first-order chi connectivity index (χ1) is 7.58. The van der Waals surface area contributed by atoms with Crippen molar-refractivity contribution in [3.63, 3.8) is 0 Å². The summed E-state index contributed by atoms with van der Waals surface area (Å²) < 4.78 is 0. The Morgan fingerprint density at radius 2 is 2.25 bits per heavy atom. The van der Waals surface area contributed by atoms with Gasteiger partial charge in [0.05, 0.1) is 5.92 Å². The average Bonchev–Trinajstić information content (AvgIpc) is 2.60. The lowest BCUT2D eigenvalue weighted by Gasteiger charge is -2.04. The Hall–Kier alpha value is -1.77. The molecule has 0 aliphatic heterocycles. The molecule has 2 aromatic rings. The maximum absolute atomic E-state index is 10.8. The van der Waals surface area contributed by atoms with Crippen LogP contribution in [-0.2, 0) is 11.2 Å². The van der Waals surface area contributed by atoms with Gasteiger partial charge in [-0.2, -0.15) is 0 Å². The van der Waals surface area contributed by atoms with Crippen LogP contribution in [0.4, 0.5) is 0 Å². The van der Waals surface area contributed by atoms with Crippen molar-refractivity contribution in [3.8, 4) is 0 Å². The van der Waals surface area contributed by atoms with Crippen LogP contribution in [0.2, 0.25) is 0 Å². The molecule has 0 unspecified atom stereocenters. The van der Waals surface area contributed by atoms with Crippen molar-refractivity contribution in [2.45, 2.75) is 20.3 Å². The van der Waals surface area contributed by atoms with E-state index in [0.717, 1.165) is 16.5 Å². The molecule has 84 valence electrons. The summed E-state index contributed by atoms with van der Waals surface area (Å²) in [6.45, 7) is 3.77. The summed E-state index contributed by atoms with van der Waals surface area (Å²) in [5.74, 6) is -1.10. The summed E-state index contributed by atoms with van der Waals surface area (Å²) in [7, 11) is 0. The summed E-state index contributed by atoms with van der Waals surface area (Å²) >= 11 is 0. The van der Waals surface area contributed by atoms with Crippen molar-refractivity contribution >= 4 is 16.9 Å². The van der Waals surface area contributed by atoms with Gasteiger partial charge < -0.3 is 10.1 Å². The second kappa shape index (κ2) is 4.00. The number of aromatic nitrogens is 1. The van der Waals surface area contributed by atoms with E-state index >= 15 is 0 Å². The fourth-order valence-electron chi connectivity index (χ4n) is 1.89. The van der Waals surface area contributed by atoms with Crippen LogP contribution in [0.5, 0.6) is 0 Å². The molecule has 2 rings (SSSR count). The van der Waals surface area contributed by atoms with Crippen molar-refractivity contribution in [1.82, 2.24) is 4.98 Å². The molecule has 3 heteroatoms. The SMILES string of the molecule is Cc1ccc2c(C[C@H](C)C(=O)O)c[nH]c2c1. The van der Waals surface area contributed by atoms with Crippen LogP contribution in [0.15, 0.2) is 24.4 Å². The Morgan fingerprint density at radius 3 is 2.94 bits per heavy atom. The van der Waals surface area contributed by atoms with Crippen molar-refractivity contribution < 1.29 is 9.90 Å². The number of rotatable bonds is 3. The van der Waals surface area contributed by atoms with Gasteiger partial charge in [-0.15, -0.1) is 0 Å². The zero-order valence-corrected chi connectivity index (χ0v) is 9.45. The van der Waals surface area contributed by atoms with E-state index in [9.17, 15) is 4.79 Å². The molecular weight excluding hydrogens is 202 g/mol. The number of aromatic amines is 1. The van der Waals surface area contributed by atoms with Crippen molar-refractivity contribution in [1.29, 1.82) is 0 Å². The Morgan fingerprint density at radius 1 is 1.50 bits per heavy atom. The van der Waals surface area contributed by atoms with Gasteiger partial charge in [0.2, 0.25) is 0 Å². The molecule has 1 atom stereocenters. The molecule has 0 radical (unpaired) electrons. The molecule has 0 amide bonds. The number of carboxylic acids is 1. The number of benzene rings is 1. The van der Waals surface area contributed by atoms with Gasteiger partial charge in [0.1, 0.15) is 0 Å². The summed E-state index contributed by atoms with van der Waals surface area (Å²) in [6, 6.07) is 6.17. The molecule has 0 saturated carbocycles. The molecule has 3 nitrogen and oxygen atoms in total. The van der Waals surface area contributed by atoms with Crippen LogP contribution in [0.25, 0.3) is 10.9 Å². The predicted octanol–water partition coefficient (Wildman–Crippen LogP) is 2.74. The number of aliphatic carboxylic acids is 1. The highest BCUT2D eigenvalue weighted by atomic mass is 16.4. The highest BCUT2D eigenvalue weighted by molar-refractivity contribution is 5.84. The van der Waals surface area contributed by atoms with E-state index < -0.39 is 5.97 Å². The Labute approximate surface area is 94.1 Å². The van der Waals surface area contributed by atoms with Crippen LogP contribution in [-0.4, -0.2) is 16.1 Å². The molecule has 0 aliphatic carbocycles. The molecule has 0 saturated heterocycles. The minimum absolute atomic E-state index is 0.347. The maximum atomic E-state index is 10.8. The minimum Gasteiger partial charge on any atom is -0.481 e. The smallest absolute Gasteiger partial charge is 0.306 e. The molecule has 2 N–H and O–H groups in total. The summed E-state index contributed by atoms with van der Waals surface area (Å²) in [4.78, 5) is 14.0. The normalized spacial score (nSPS) is 12.9. The first-order valence-corrected chi connectivity index (χ1v) is 5.37. The first kappa shape index (κ1) is 10.7. The molecule has 0 spiro atoms. The summed E-state index contributed by atoms with van der Waals surface area (Å²) in [6.07, 6.45) is 2.47. The minimum atomic E-state index is -0.749. The van der Waals surface area contributed by atoms with Gasteiger partial charge in [0.25, 0.3) is 0 Å². The number of carbonyl (C=O) groups is 1. The van der Waals surface area contributed by atoms with E-state index in [-0.39, 0.29) is 5.92 Å². The highest BCUT2D eigenvalue weighted by Gasteiger charge is 2.14. The fraction of sp³-hybridized carbons (Fsp3) is 0.308.